The van der Waals surface area contributed by atoms with Crippen LogP contribution in [0.3, 0.4) is 0 Å². The van der Waals surface area contributed by atoms with Crippen molar-refractivity contribution in [2.24, 2.45) is 0 Å². The molecule has 5 rings (SSSR count). The molecule has 0 amide bonds. The first-order valence-corrected chi connectivity index (χ1v) is 10.7. The highest BCUT2D eigenvalue weighted by atomic mass is 14.6. The van der Waals surface area contributed by atoms with Crippen LogP contribution in [0, 0.1) is 0 Å². The monoisotopic (exact) mass is 412 g/mol. The van der Waals surface area contributed by atoms with Crippen molar-refractivity contribution >= 4 is 11.4 Å². The number of rotatable bonds is 4. The molecule has 2 nitrogen and oxygen atoms in total. The van der Waals surface area contributed by atoms with E-state index in [0.29, 0.717) is 0 Å². The van der Waals surface area contributed by atoms with Crippen molar-refractivity contribution in [2.75, 3.05) is 11.5 Å². The molecule has 0 aliphatic rings. The minimum absolute atomic E-state index is 0.747. The van der Waals surface area contributed by atoms with E-state index in [1.54, 1.807) is 0 Å². The molecule has 0 bridgehead atoms. The Balaban J connectivity index is 1.92. The van der Waals surface area contributed by atoms with E-state index in [4.69, 9.17) is 11.5 Å². The Morgan fingerprint density at radius 2 is 0.812 bits per heavy atom. The van der Waals surface area contributed by atoms with Crippen LogP contribution < -0.4 is 11.5 Å². The van der Waals surface area contributed by atoms with Gasteiger partial charge in [-0.25, -0.2) is 0 Å². The zero-order chi connectivity index (χ0) is 21.9. The van der Waals surface area contributed by atoms with Crippen LogP contribution in [0.1, 0.15) is 0 Å². The lowest BCUT2D eigenvalue weighted by molar-refractivity contribution is 1.54. The highest BCUT2D eigenvalue weighted by Gasteiger charge is 2.20. The van der Waals surface area contributed by atoms with Gasteiger partial charge in [0.2, 0.25) is 0 Å². The van der Waals surface area contributed by atoms with Gasteiger partial charge in [0.15, 0.2) is 0 Å². The first-order chi connectivity index (χ1) is 15.7. The molecule has 0 radical (unpaired) electrons. The molecular formula is C30H24N2. The quantitative estimate of drug-likeness (QED) is 0.300. The lowest BCUT2D eigenvalue weighted by Gasteiger charge is -2.22. The van der Waals surface area contributed by atoms with Gasteiger partial charge in [0.25, 0.3) is 0 Å². The maximum atomic E-state index is 6.94. The van der Waals surface area contributed by atoms with Gasteiger partial charge in [-0.1, -0.05) is 103 Å². The maximum absolute atomic E-state index is 6.94. The number of hydrogen-bond acceptors (Lipinski definition) is 2. The lowest BCUT2D eigenvalue weighted by Crippen LogP contribution is -2.00. The molecule has 0 aliphatic carbocycles. The van der Waals surface area contributed by atoms with Crippen molar-refractivity contribution < 1.29 is 0 Å². The second-order valence-corrected chi connectivity index (χ2v) is 7.86. The van der Waals surface area contributed by atoms with E-state index in [2.05, 4.69) is 78.9 Å². The fourth-order valence-electron chi connectivity index (χ4n) is 4.25. The summed E-state index contributed by atoms with van der Waals surface area (Å²) in [7, 11) is 0. The molecule has 2 heteroatoms. The fraction of sp³-hybridized carbons (Fsp3) is 0. The van der Waals surface area contributed by atoms with Gasteiger partial charge >= 0.3 is 0 Å². The van der Waals surface area contributed by atoms with Gasteiger partial charge in [-0.05, 0) is 51.6 Å². The number of nitrogens with two attached hydrogens (primary N) is 2. The molecule has 4 N–H and O–H groups in total. The van der Waals surface area contributed by atoms with Crippen molar-refractivity contribution in [3.05, 3.63) is 121 Å². The third-order valence-corrected chi connectivity index (χ3v) is 5.80. The molecule has 0 saturated heterocycles. The van der Waals surface area contributed by atoms with Gasteiger partial charge in [0.1, 0.15) is 0 Å². The molecule has 0 aromatic heterocycles. The fourth-order valence-corrected chi connectivity index (χ4v) is 4.25. The van der Waals surface area contributed by atoms with E-state index in [1.807, 2.05) is 42.5 Å². The summed E-state index contributed by atoms with van der Waals surface area (Å²) in [5.74, 6) is 0. The normalized spacial score (nSPS) is 10.8. The molecule has 0 fully saturated rings. The molecule has 5 aromatic rings. The Morgan fingerprint density at radius 3 is 1.34 bits per heavy atom. The number of anilines is 2. The van der Waals surface area contributed by atoms with E-state index in [1.165, 1.54) is 0 Å². The number of nitrogen functional groups attached to an aromatic ring is 2. The van der Waals surface area contributed by atoms with Gasteiger partial charge in [-0.2, -0.15) is 0 Å². The molecule has 0 unspecified atom stereocenters. The molecule has 5 aromatic carbocycles. The average Bonchev–Trinajstić information content (AvgIpc) is 2.86. The first-order valence-electron chi connectivity index (χ1n) is 10.7. The Morgan fingerprint density at radius 1 is 0.375 bits per heavy atom. The summed E-state index contributed by atoms with van der Waals surface area (Å²) in [5, 5.41) is 0. The maximum Gasteiger partial charge on any atom is 0.0480 e. The molecule has 0 saturated carbocycles. The third-order valence-electron chi connectivity index (χ3n) is 5.80. The minimum Gasteiger partial charge on any atom is -0.399 e. The second kappa shape index (κ2) is 8.44. The topological polar surface area (TPSA) is 52.0 Å². The number of hydrogen-bond donors (Lipinski definition) is 2. The molecule has 0 atom stereocenters. The van der Waals surface area contributed by atoms with Crippen molar-refractivity contribution in [1.82, 2.24) is 0 Å². The van der Waals surface area contributed by atoms with Crippen LogP contribution in [0.4, 0.5) is 11.4 Å². The summed E-state index contributed by atoms with van der Waals surface area (Å²) >= 11 is 0. The van der Waals surface area contributed by atoms with Crippen molar-refractivity contribution in [3.63, 3.8) is 0 Å². The average molecular weight is 413 g/mol. The molecule has 0 spiro atoms. The zero-order valence-corrected chi connectivity index (χ0v) is 17.7. The van der Waals surface area contributed by atoms with Crippen LogP contribution in [-0.2, 0) is 0 Å². The van der Waals surface area contributed by atoms with E-state index in [-0.39, 0.29) is 0 Å². The molecule has 32 heavy (non-hydrogen) atoms. The highest BCUT2D eigenvalue weighted by Crippen LogP contribution is 2.47. The van der Waals surface area contributed by atoms with Gasteiger partial charge in [0.05, 0.1) is 0 Å². The van der Waals surface area contributed by atoms with Crippen LogP contribution in [0.15, 0.2) is 121 Å². The Kier molecular flexibility index (Phi) is 5.19. The van der Waals surface area contributed by atoms with Gasteiger partial charge in [-0.3, -0.25) is 0 Å². The van der Waals surface area contributed by atoms with E-state index in [0.717, 1.165) is 55.9 Å². The largest absolute Gasteiger partial charge is 0.399 e. The van der Waals surface area contributed by atoms with Crippen LogP contribution in [-0.4, -0.2) is 0 Å². The van der Waals surface area contributed by atoms with E-state index < -0.39 is 0 Å². The van der Waals surface area contributed by atoms with E-state index in [9.17, 15) is 0 Å². The van der Waals surface area contributed by atoms with Crippen molar-refractivity contribution in [3.8, 4) is 44.5 Å². The Bertz CT molecular complexity index is 1340. The van der Waals surface area contributed by atoms with Crippen molar-refractivity contribution in [2.45, 2.75) is 0 Å². The lowest BCUT2D eigenvalue weighted by atomic mass is 9.83. The second-order valence-electron chi connectivity index (χ2n) is 7.86. The number of benzene rings is 5. The summed E-state index contributed by atoms with van der Waals surface area (Å²) in [6.45, 7) is 0. The predicted octanol–water partition coefficient (Wildman–Crippen LogP) is 7.52. The predicted molar refractivity (Wildman–Crippen MR) is 137 cm³/mol. The standard InChI is InChI=1S/C30H24N2/c31-25-18-16-22(17-19-25)26-20-27(21-10-4-1-5-11-21)30(32)29(24-14-8-3-9-15-24)28(26)23-12-6-2-7-13-23/h1-20H,31-32H2. The van der Waals surface area contributed by atoms with Crippen LogP contribution in [0.25, 0.3) is 44.5 Å². The summed E-state index contributed by atoms with van der Waals surface area (Å²) in [4.78, 5) is 0. The molecular weight excluding hydrogens is 388 g/mol. The van der Waals surface area contributed by atoms with Crippen LogP contribution in [0.5, 0.6) is 0 Å². The van der Waals surface area contributed by atoms with Crippen LogP contribution in [0.2, 0.25) is 0 Å². The molecule has 0 heterocycles. The zero-order valence-electron chi connectivity index (χ0n) is 17.7. The summed E-state index contributed by atoms with van der Waals surface area (Å²) in [6, 6.07) is 41.5. The smallest absolute Gasteiger partial charge is 0.0480 e. The van der Waals surface area contributed by atoms with Gasteiger partial charge < -0.3 is 11.5 Å². The first kappa shape index (κ1) is 19.7. The van der Waals surface area contributed by atoms with E-state index >= 15 is 0 Å². The third kappa shape index (κ3) is 3.63. The summed E-state index contributed by atoms with van der Waals surface area (Å²) < 4.78 is 0. The summed E-state index contributed by atoms with van der Waals surface area (Å²) in [5.41, 5.74) is 23.2. The Hall–Kier alpha value is -4.30. The van der Waals surface area contributed by atoms with Gasteiger partial charge in [-0.15, -0.1) is 0 Å². The summed E-state index contributed by atoms with van der Waals surface area (Å²) in [6.07, 6.45) is 0. The Labute approximate surface area is 188 Å². The minimum atomic E-state index is 0.747. The van der Waals surface area contributed by atoms with Crippen molar-refractivity contribution in [1.29, 1.82) is 0 Å². The van der Waals surface area contributed by atoms with Gasteiger partial charge in [0, 0.05) is 22.5 Å². The highest BCUT2D eigenvalue weighted by molar-refractivity contribution is 6.05. The molecule has 154 valence electrons. The SMILES string of the molecule is Nc1ccc(-c2cc(-c3ccccc3)c(N)c(-c3ccccc3)c2-c2ccccc2)cc1. The van der Waals surface area contributed by atoms with Crippen LogP contribution >= 0.6 is 0 Å². The molecule has 0 aliphatic heterocycles.